The molecule has 8 aromatic rings. The van der Waals surface area contributed by atoms with Gasteiger partial charge in [0.15, 0.2) is 29.3 Å². The van der Waals surface area contributed by atoms with E-state index in [2.05, 4.69) is 132 Å². The predicted octanol–water partition coefficient (Wildman–Crippen LogP) is 8.60. The van der Waals surface area contributed by atoms with E-state index in [0.717, 1.165) is 59.9 Å². The SMILES string of the molecule is CCC1(C)n2nc(-c3ccccc3)nc2-c2cccc[n+]2C1(CC)CC1C[n+]2c(ccc3nccnc32)-c2c1ccc1sc3ccccc3c21. The predicted molar refractivity (Wildman–Crippen MR) is 199 cm³/mol. The fourth-order valence-corrected chi connectivity index (χ4v) is 10.4. The molecule has 0 saturated heterocycles. The van der Waals surface area contributed by atoms with Gasteiger partial charge in [-0.05, 0) is 54.2 Å². The Morgan fingerprint density at radius 1 is 0.820 bits per heavy atom. The van der Waals surface area contributed by atoms with Crippen molar-refractivity contribution in [3.8, 4) is 34.2 Å². The maximum absolute atomic E-state index is 5.34. The molecular weight excluding hydrogens is 635 g/mol. The van der Waals surface area contributed by atoms with E-state index in [1.807, 2.05) is 23.6 Å². The van der Waals surface area contributed by atoms with Gasteiger partial charge in [0.25, 0.3) is 5.69 Å². The molecule has 0 radical (unpaired) electrons. The second-order valence-electron chi connectivity index (χ2n) is 14.0. The van der Waals surface area contributed by atoms with E-state index in [0.29, 0.717) is 0 Å². The van der Waals surface area contributed by atoms with Crippen LogP contribution in [0.3, 0.4) is 0 Å². The minimum atomic E-state index is -0.362. The van der Waals surface area contributed by atoms with Crippen LogP contribution in [-0.2, 0) is 17.6 Å². The summed E-state index contributed by atoms with van der Waals surface area (Å²) in [6.45, 7) is 7.90. The molecular formula is C42H37N7S+2. The smallest absolute Gasteiger partial charge is 0.244 e. The van der Waals surface area contributed by atoms with Crippen molar-refractivity contribution >= 4 is 42.7 Å². The molecule has 0 saturated carbocycles. The van der Waals surface area contributed by atoms with Crippen molar-refractivity contribution in [1.82, 2.24) is 24.7 Å². The first kappa shape index (κ1) is 29.6. The second-order valence-corrected chi connectivity index (χ2v) is 15.1. The van der Waals surface area contributed by atoms with Gasteiger partial charge >= 0.3 is 5.65 Å². The van der Waals surface area contributed by atoms with E-state index in [1.165, 1.54) is 37.0 Å². The van der Waals surface area contributed by atoms with E-state index in [1.54, 1.807) is 6.20 Å². The third-order valence-corrected chi connectivity index (χ3v) is 13.0. The van der Waals surface area contributed by atoms with Crippen molar-refractivity contribution in [2.75, 3.05) is 0 Å². The summed E-state index contributed by atoms with van der Waals surface area (Å²) >= 11 is 1.88. The quantitative estimate of drug-likeness (QED) is 0.172. The van der Waals surface area contributed by atoms with Crippen LogP contribution in [0.4, 0.5) is 0 Å². The molecule has 5 aromatic heterocycles. The highest BCUT2D eigenvalue weighted by molar-refractivity contribution is 7.25. The van der Waals surface area contributed by atoms with Gasteiger partial charge in [-0.2, -0.15) is 4.57 Å². The zero-order chi connectivity index (χ0) is 33.6. The van der Waals surface area contributed by atoms with Gasteiger partial charge in [0, 0.05) is 62.2 Å². The first-order valence-electron chi connectivity index (χ1n) is 17.7. The molecule has 3 aromatic carbocycles. The van der Waals surface area contributed by atoms with Crippen molar-refractivity contribution in [2.45, 2.75) is 63.6 Å². The Morgan fingerprint density at radius 2 is 1.64 bits per heavy atom. The molecule has 7 heterocycles. The van der Waals surface area contributed by atoms with Crippen LogP contribution >= 0.6 is 11.3 Å². The van der Waals surface area contributed by atoms with Gasteiger partial charge in [0.05, 0.1) is 12.7 Å². The number of nitrogens with zero attached hydrogens (tertiary/aromatic N) is 7. The molecule has 2 aliphatic heterocycles. The molecule has 0 spiro atoms. The summed E-state index contributed by atoms with van der Waals surface area (Å²) in [5, 5.41) is 8.00. The van der Waals surface area contributed by atoms with Crippen molar-refractivity contribution in [3.63, 3.8) is 0 Å². The highest BCUT2D eigenvalue weighted by Crippen LogP contribution is 2.52. The standard InChI is InChI=1S/C42H37N7S/c1-4-41(3)42(5-2,48-24-12-11-16-33(48)40-45-38(46-49(40)41)27-13-7-6-8-14-27)25-28-26-47-32(20-19-31-39(47)44-23-22-43-31)36-29(28)18-21-35-37(36)30-15-9-10-17-34(30)50-35/h6-24,28H,4-5,25-26H2,1-3H3/q+2. The Kier molecular flexibility index (Phi) is 6.40. The molecule has 0 bridgehead atoms. The average Bonchev–Trinajstić information content (AvgIpc) is 3.80. The number of hydrogen-bond donors (Lipinski definition) is 0. The molecule has 50 heavy (non-hydrogen) atoms. The van der Waals surface area contributed by atoms with Crippen molar-refractivity contribution < 1.29 is 9.13 Å². The summed E-state index contributed by atoms with van der Waals surface area (Å²) < 4.78 is 9.91. The Labute approximate surface area is 294 Å². The van der Waals surface area contributed by atoms with Crippen LogP contribution in [0.2, 0.25) is 0 Å². The number of benzene rings is 3. The van der Waals surface area contributed by atoms with Gasteiger partial charge in [0.2, 0.25) is 5.82 Å². The average molecular weight is 672 g/mol. The Balaban J connectivity index is 1.23. The van der Waals surface area contributed by atoms with Gasteiger partial charge in [-0.1, -0.05) is 68.4 Å². The first-order valence-corrected chi connectivity index (χ1v) is 18.5. The highest BCUT2D eigenvalue weighted by Gasteiger charge is 2.62. The molecule has 0 N–H and O–H groups in total. The summed E-state index contributed by atoms with van der Waals surface area (Å²) in [6, 6.07) is 34.9. The Bertz CT molecular complexity index is 2630. The normalized spacial score (nSPS) is 20.8. The van der Waals surface area contributed by atoms with Crippen LogP contribution in [-0.4, -0.2) is 24.7 Å². The largest absolute Gasteiger partial charge is 0.349 e. The van der Waals surface area contributed by atoms with Gasteiger partial charge in [-0.25, -0.2) is 19.2 Å². The van der Waals surface area contributed by atoms with Gasteiger partial charge < -0.3 is 0 Å². The fraction of sp³-hybridized carbons (Fsp3) is 0.238. The molecule has 3 unspecified atom stereocenters. The molecule has 8 heteroatoms. The number of rotatable bonds is 5. The number of thiophene rings is 1. The van der Waals surface area contributed by atoms with E-state index in [4.69, 9.17) is 20.1 Å². The molecule has 0 fully saturated rings. The molecule has 244 valence electrons. The number of hydrogen-bond acceptors (Lipinski definition) is 5. The third-order valence-electron chi connectivity index (χ3n) is 11.8. The third kappa shape index (κ3) is 3.91. The van der Waals surface area contributed by atoms with Crippen LogP contribution in [0.15, 0.2) is 116 Å². The lowest BCUT2D eigenvalue weighted by molar-refractivity contribution is -0.777. The van der Waals surface area contributed by atoms with Crippen LogP contribution in [0.25, 0.3) is 65.5 Å². The van der Waals surface area contributed by atoms with Crippen molar-refractivity contribution in [1.29, 1.82) is 0 Å². The van der Waals surface area contributed by atoms with Gasteiger partial charge in [0.1, 0.15) is 11.2 Å². The lowest BCUT2D eigenvalue weighted by atomic mass is 9.66. The number of aromatic nitrogens is 7. The van der Waals surface area contributed by atoms with Crippen molar-refractivity contribution in [3.05, 3.63) is 121 Å². The van der Waals surface area contributed by atoms with Crippen LogP contribution in [0.5, 0.6) is 0 Å². The number of pyridine rings is 2. The molecule has 0 amide bonds. The zero-order valence-electron chi connectivity index (χ0n) is 28.4. The summed E-state index contributed by atoms with van der Waals surface area (Å²) in [5.74, 6) is 1.89. The maximum atomic E-state index is 5.34. The maximum Gasteiger partial charge on any atom is 0.349 e. The van der Waals surface area contributed by atoms with Crippen molar-refractivity contribution in [2.24, 2.45) is 0 Å². The molecule has 3 atom stereocenters. The molecule has 0 aliphatic carbocycles. The van der Waals surface area contributed by atoms with E-state index in [9.17, 15) is 0 Å². The molecule has 10 rings (SSSR count). The topological polar surface area (TPSA) is 64.2 Å². The summed E-state index contributed by atoms with van der Waals surface area (Å²) in [6.07, 6.45) is 8.65. The Morgan fingerprint density at radius 3 is 2.50 bits per heavy atom. The van der Waals surface area contributed by atoms with Gasteiger partial charge in [-0.15, -0.1) is 16.4 Å². The summed E-state index contributed by atoms with van der Waals surface area (Å²) in [5.41, 5.74) is 7.27. The monoisotopic (exact) mass is 671 g/mol. The minimum absolute atomic E-state index is 0.197. The van der Waals surface area contributed by atoms with Crippen LogP contribution < -0.4 is 9.13 Å². The lowest BCUT2D eigenvalue weighted by Crippen LogP contribution is -2.72. The number of fused-ring (bicyclic) bond motifs is 12. The van der Waals surface area contributed by atoms with E-state index in [-0.39, 0.29) is 17.0 Å². The fourth-order valence-electron chi connectivity index (χ4n) is 9.26. The lowest BCUT2D eigenvalue weighted by Gasteiger charge is -2.48. The zero-order valence-corrected chi connectivity index (χ0v) is 29.2. The summed E-state index contributed by atoms with van der Waals surface area (Å²) in [7, 11) is 0. The summed E-state index contributed by atoms with van der Waals surface area (Å²) in [4.78, 5) is 14.9. The van der Waals surface area contributed by atoms with E-state index >= 15 is 0 Å². The molecule has 2 aliphatic rings. The van der Waals surface area contributed by atoms with Gasteiger partial charge in [-0.3, -0.25) is 0 Å². The first-order chi connectivity index (χ1) is 24.5. The minimum Gasteiger partial charge on any atom is -0.244 e. The van der Waals surface area contributed by atoms with Crippen LogP contribution in [0, 0.1) is 0 Å². The molecule has 7 nitrogen and oxygen atoms in total. The Hall–Kier alpha value is -5.34. The van der Waals surface area contributed by atoms with Crippen LogP contribution in [0.1, 0.15) is 51.5 Å². The van der Waals surface area contributed by atoms with E-state index < -0.39 is 0 Å². The highest BCUT2D eigenvalue weighted by atomic mass is 32.1. The second kappa shape index (κ2) is 10.8.